The third-order valence-corrected chi connectivity index (χ3v) is 5.19. The normalized spacial score (nSPS) is 16.3. The predicted octanol–water partition coefficient (Wildman–Crippen LogP) is 5.17. The van der Waals surface area contributed by atoms with Crippen LogP contribution in [0.4, 0.5) is 0 Å². The molecular weight excluding hydrogens is 262 g/mol. The highest BCUT2D eigenvalue weighted by Crippen LogP contribution is 2.44. The lowest BCUT2D eigenvalue weighted by Gasteiger charge is -2.16. The molecule has 0 bridgehead atoms. The van der Waals surface area contributed by atoms with Gasteiger partial charge >= 0.3 is 0 Å². The maximum Gasteiger partial charge on any atom is 0.0443 e. The second kappa shape index (κ2) is 6.11. The molecule has 0 radical (unpaired) electrons. The Morgan fingerprint density at radius 1 is 1.15 bits per heavy atom. The third-order valence-electron chi connectivity index (χ3n) is 3.98. The average molecular weight is 285 g/mol. The lowest BCUT2D eigenvalue weighted by Crippen LogP contribution is -2.22. The van der Waals surface area contributed by atoms with Gasteiger partial charge in [-0.3, -0.25) is 0 Å². The molecule has 3 rings (SSSR count). The zero-order valence-electron chi connectivity index (χ0n) is 12.4. The number of rotatable bonds is 6. The van der Waals surface area contributed by atoms with E-state index in [4.69, 9.17) is 0 Å². The van der Waals surface area contributed by atoms with Gasteiger partial charge in [-0.15, -0.1) is 11.3 Å². The monoisotopic (exact) mass is 285 g/mol. The zero-order valence-corrected chi connectivity index (χ0v) is 13.2. The minimum absolute atomic E-state index is 0.583. The summed E-state index contributed by atoms with van der Waals surface area (Å²) in [5.74, 6) is 0.867. The second-order valence-electron chi connectivity index (χ2n) is 5.84. The van der Waals surface area contributed by atoms with Crippen molar-refractivity contribution >= 4 is 11.3 Å². The van der Waals surface area contributed by atoms with Crippen LogP contribution in [0.15, 0.2) is 36.4 Å². The first-order valence-corrected chi connectivity index (χ1v) is 8.49. The Morgan fingerprint density at radius 2 is 1.90 bits per heavy atom. The molecule has 1 nitrogen and oxygen atoms in total. The Balaban J connectivity index is 1.79. The summed E-state index contributed by atoms with van der Waals surface area (Å²) in [6, 6.07) is 14.1. The van der Waals surface area contributed by atoms with Crippen LogP contribution < -0.4 is 5.32 Å². The maximum absolute atomic E-state index is 3.73. The number of nitrogens with one attached hydrogen (secondary N) is 1. The van der Waals surface area contributed by atoms with Gasteiger partial charge in [0.05, 0.1) is 0 Å². The van der Waals surface area contributed by atoms with Crippen LogP contribution in [-0.2, 0) is 0 Å². The van der Waals surface area contributed by atoms with Crippen molar-refractivity contribution in [3.05, 3.63) is 46.8 Å². The number of aryl methyl sites for hydroxylation is 1. The fourth-order valence-corrected chi connectivity index (χ4v) is 3.80. The summed E-state index contributed by atoms with van der Waals surface area (Å²) >= 11 is 1.96. The van der Waals surface area contributed by atoms with Crippen molar-refractivity contribution in [2.45, 2.75) is 39.2 Å². The molecule has 1 N–H and O–H groups in total. The van der Waals surface area contributed by atoms with E-state index < -0.39 is 0 Å². The van der Waals surface area contributed by atoms with Crippen molar-refractivity contribution in [1.29, 1.82) is 0 Å². The van der Waals surface area contributed by atoms with E-state index in [2.05, 4.69) is 55.6 Å². The van der Waals surface area contributed by atoms with Crippen molar-refractivity contribution in [2.24, 2.45) is 5.92 Å². The lowest BCUT2D eigenvalue weighted by molar-refractivity contribution is 0.488. The van der Waals surface area contributed by atoms with Crippen molar-refractivity contribution < 1.29 is 0 Å². The summed E-state index contributed by atoms with van der Waals surface area (Å²) in [7, 11) is 0. The van der Waals surface area contributed by atoms with Crippen LogP contribution in [-0.4, -0.2) is 6.54 Å². The summed E-state index contributed by atoms with van der Waals surface area (Å²) in [5, 5.41) is 3.73. The summed E-state index contributed by atoms with van der Waals surface area (Å²) in [6.07, 6.45) is 3.98. The molecule has 106 valence electrons. The van der Waals surface area contributed by atoms with Crippen LogP contribution >= 0.6 is 11.3 Å². The average Bonchev–Trinajstić information content (AvgIpc) is 3.18. The molecule has 1 unspecified atom stereocenters. The standard InChI is InChI=1S/C18H23NS/c1-3-12-19-18(15-8-9-15)17-11-10-16(20-17)14-6-4-13(2)5-7-14/h4-7,10-11,15,18-19H,3,8-9,12H2,1-2H3. The van der Waals surface area contributed by atoms with Crippen LogP contribution in [0.25, 0.3) is 10.4 Å². The van der Waals surface area contributed by atoms with E-state index in [1.165, 1.54) is 40.1 Å². The third kappa shape index (κ3) is 3.13. The van der Waals surface area contributed by atoms with Crippen molar-refractivity contribution in [3.8, 4) is 10.4 Å². The van der Waals surface area contributed by atoms with E-state index in [1.807, 2.05) is 11.3 Å². The SMILES string of the molecule is CCCNC(c1ccc(-c2ccc(C)cc2)s1)C1CC1. The van der Waals surface area contributed by atoms with Gasteiger partial charge < -0.3 is 5.32 Å². The molecule has 1 saturated carbocycles. The number of hydrogen-bond acceptors (Lipinski definition) is 2. The molecule has 0 saturated heterocycles. The summed E-state index contributed by atoms with van der Waals surface area (Å²) in [4.78, 5) is 2.90. The smallest absolute Gasteiger partial charge is 0.0443 e. The molecule has 1 atom stereocenters. The molecule has 0 aliphatic heterocycles. The number of thiophene rings is 1. The molecule has 1 aromatic heterocycles. The predicted molar refractivity (Wildman–Crippen MR) is 88.3 cm³/mol. The summed E-state index contributed by atoms with van der Waals surface area (Å²) in [6.45, 7) is 5.50. The van der Waals surface area contributed by atoms with Gasteiger partial charge in [0.25, 0.3) is 0 Å². The Morgan fingerprint density at radius 3 is 2.55 bits per heavy atom. The van der Waals surface area contributed by atoms with E-state index in [1.54, 1.807) is 0 Å². The topological polar surface area (TPSA) is 12.0 Å². The van der Waals surface area contributed by atoms with E-state index in [9.17, 15) is 0 Å². The van der Waals surface area contributed by atoms with Crippen molar-refractivity contribution in [1.82, 2.24) is 5.32 Å². The molecule has 1 fully saturated rings. The number of hydrogen-bond donors (Lipinski definition) is 1. The van der Waals surface area contributed by atoms with Crippen LogP contribution in [0.3, 0.4) is 0 Å². The Kier molecular flexibility index (Phi) is 4.23. The van der Waals surface area contributed by atoms with E-state index in [-0.39, 0.29) is 0 Å². The van der Waals surface area contributed by atoms with Gasteiger partial charge in [-0.2, -0.15) is 0 Å². The molecule has 1 aliphatic carbocycles. The Bertz CT molecular complexity index is 551. The van der Waals surface area contributed by atoms with Crippen molar-refractivity contribution in [3.63, 3.8) is 0 Å². The molecule has 0 amide bonds. The first-order chi connectivity index (χ1) is 9.78. The van der Waals surface area contributed by atoms with Gasteiger partial charge in [-0.1, -0.05) is 36.8 Å². The van der Waals surface area contributed by atoms with Crippen LogP contribution in [0.2, 0.25) is 0 Å². The van der Waals surface area contributed by atoms with Crippen molar-refractivity contribution in [2.75, 3.05) is 6.54 Å². The Hall–Kier alpha value is -1.12. The molecule has 1 heterocycles. The van der Waals surface area contributed by atoms with E-state index >= 15 is 0 Å². The fourth-order valence-electron chi connectivity index (χ4n) is 2.62. The molecule has 0 spiro atoms. The molecule has 2 aromatic rings. The molecule has 2 heteroatoms. The Labute approximate surface area is 126 Å². The highest BCUT2D eigenvalue weighted by Gasteiger charge is 2.32. The molecule has 1 aromatic carbocycles. The number of benzene rings is 1. The fraction of sp³-hybridized carbons (Fsp3) is 0.444. The summed E-state index contributed by atoms with van der Waals surface area (Å²) in [5.41, 5.74) is 2.67. The van der Waals surface area contributed by atoms with Gasteiger partial charge in [0.15, 0.2) is 0 Å². The van der Waals surface area contributed by atoms with E-state index in [0.717, 1.165) is 12.5 Å². The van der Waals surface area contributed by atoms with Crippen LogP contribution in [0, 0.1) is 12.8 Å². The van der Waals surface area contributed by atoms with Gasteiger partial charge in [-0.25, -0.2) is 0 Å². The van der Waals surface area contributed by atoms with Gasteiger partial charge in [0.1, 0.15) is 0 Å². The van der Waals surface area contributed by atoms with Gasteiger partial charge in [0.2, 0.25) is 0 Å². The quantitative estimate of drug-likeness (QED) is 0.771. The highest BCUT2D eigenvalue weighted by molar-refractivity contribution is 7.15. The van der Waals surface area contributed by atoms with Crippen LogP contribution in [0.5, 0.6) is 0 Å². The second-order valence-corrected chi connectivity index (χ2v) is 6.95. The van der Waals surface area contributed by atoms with Gasteiger partial charge in [0, 0.05) is 15.8 Å². The largest absolute Gasteiger partial charge is 0.309 e. The first kappa shape index (κ1) is 13.8. The van der Waals surface area contributed by atoms with Gasteiger partial charge in [-0.05, 0) is 56.3 Å². The van der Waals surface area contributed by atoms with Crippen LogP contribution in [0.1, 0.15) is 42.7 Å². The molecule has 1 aliphatic rings. The first-order valence-electron chi connectivity index (χ1n) is 7.68. The van der Waals surface area contributed by atoms with E-state index in [0.29, 0.717) is 6.04 Å². The molecular formula is C18H23NS. The zero-order chi connectivity index (χ0) is 13.9. The summed E-state index contributed by atoms with van der Waals surface area (Å²) < 4.78 is 0. The molecule has 20 heavy (non-hydrogen) atoms. The maximum atomic E-state index is 3.73. The highest BCUT2D eigenvalue weighted by atomic mass is 32.1. The lowest BCUT2D eigenvalue weighted by atomic mass is 10.1. The minimum Gasteiger partial charge on any atom is -0.309 e. The minimum atomic E-state index is 0.583.